The molecule has 3 amide bonds. The number of benzene rings is 2. The van der Waals surface area contributed by atoms with E-state index in [4.69, 9.17) is 9.31 Å². The van der Waals surface area contributed by atoms with Crippen molar-refractivity contribution in [2.45, 2.75) is 58.0 Å². The fourth-order valence-electron chi connectivity index (χ4n) is 5.47. The maximum Gasteiger partial charge on any atom is 0.491 e. The van der Waals surface area contributed by atoms with E-state index in [0.29, 0.717) is 16.5 Å². The summed E-state index contributed by atoms with van der Waals surface area (Å²) < 4.78 is 10.4. The van der Waals surface area contributed by atoms with Crippen LogP contribution >= 0.6 is 0 Å². The van der Waals surface area contributed by atoms with E-state index < -0.39 is 56.1 Å². The fraction of sp³-hybridized carbons (Fsp3) is 0.407. The zero-order valence-electron chi connectivity index (χ0n) is 22.7. The van der Waals surface area contributed by atoms with Crippen LogP contribution in [0.3, 0.4) is 0 Å². The standard InChI is InChI=1S/C27H31B2N3O9/c1-14(2)22(10-24(33)34)31-26(36)23-9-19(30-25(35)15-3-5-17-12-40-28(38)20(17)7-15)11-32(23)27(37)16-4-6-18-13-41-29(39)21(18)8-16/h3-8,14,19,22-23,38-39H,9-13H2,1-2H3,(H,30,35)(H,31,36)(H,33,34)/t19-,22-,23+/m1/s1. The molecule has 3 aliphatic heterocycles. The van der Waals surface area contributed by atoms with E-state index in [9.17, 15) is 34.3 Å². The van der Waals surface area contributed by atoms with Crippen LogP contribution in [-0.2, 0) is 32.1 Å². The summed E-state index contributed by atoms with van der Waals surface area (Å²) in [5.74, 6) is -2.65. The van der Waals surface area contributed by atoms with Crippen molar-refractivity contribution in [1.82, 2.24) is 15.5 Å². The smallest absolute Gasteiger partial charge is 0.481 e. The topological polar surface area (TPSA) is 175 Å². The number of carbonyl (C=O) groups is 4. The Morgan fingerprint density at radius 3 is 2.15 bits per heavy atom. The van der Waals surface area contributed by atoms with E-state index in [0.717, 1.165) is 11.1 Å². The van der Waals surface area contributed by atoms with Crippen LogP contribution in [0.4, 0.5) is 0 Å². The molecule has 12 nitrogen and oxygen atoms in total. The molecule has 214 valence electrons. The monoisotopic (exact) mass is 563 g/mol. The molecule has 41 heavy (non-hydrogen) atoms. The summed E-state index contributed by atoms with van der Waals surface area (Å²) in [6.45, 7) is 4.09. The molecule has 2 aromatic carbocycles. The molecular weight excluding hydrogens is 532 g/mol. The molecule has 0 spiro atoms. The zero-order chi connectivity index (χ0) is 29.4. The summed E-state index contributed by atoms with van der Waals surface area (Å²) in [5, 5.41) is 35.1. The Labute approximate surface area is 237 Å². The van der Waals surface area contributed by atoms with Crippen molar-refractivity contribution in [2.75, 3.05) is 6.54 Å². The normalized spacial score (nSPS) is 20.2. The predicted octanol–water partition coefficient (Wildman–Crippen LogP) is -1.25. The van der Waals surface area contributed by atoms with Gasteiger partial charge in [0.25, 0.3) is 11.8 Å². The van der Waals surface area contributed by atoms with Gasteiger partial charge in [-0.3, -0.25) is 19.2 Å². The third kappa shape index (κ3) is 6.01. The van der Waals surface area contributed by atoms with E-state index in [1.165, 1.54) is 11.0 Å². The molecule has 2 aromatic rings. The summed E-state index contributed by atoms with van der Waals surface area (Å²) in [6.07, 6.45) is -0.171. The van der Waals surface area contributed by atoms with E-state index in [1.807, 2.05) is 0 Å². The Morgan fingerprint density at radius 2 is 1.56 bits per heavy atom. The van der Waals surface area contributed by atoms with Gasteiger partial charge in [-0.1, -0.05) is 26.0 Å². The summed E-state index contributed by atoms with van der Waals surface area (Å²) >= 11 is 0. The molecule has 1 fully saturated rings. The van der Waals surface area contributed by atoms with E-state index in [1.54, 1.807) is 44.2 Å². The first kappa shape index (κ1) is 28.8. The molecule has 3 heterocycles. The average molecular weight is 563 g/mol. The molecule has 5 N–H and O–H groups in total. The van der Waals surface area contributed by atoms with Crippen LogP contribution < -0.4 is 21.6 Å². The van der Waals surface area contributed by atoms with Crippen molar-refractivity contribution < 1.29 is 43.6 Å². The van der Waals surface area contributed by atoms with Gasteiger partial charge in [0.05, 0.1) is 19.6 Å². The number of carboxylic acid groups (broad SMARTS) is 1. The minimum Gasteiger partial charge on any atom is -0.481 e. The molecule has 0 saturated carbocycles. The van der Waals surface area contributed by atoms with Gasteiger partial charge in [-0.25, -0.2) is 0 Å². The number of carbonyl (C=O) groups excluding carboxylic acids is 3. The molecule has 0 aromatic heterocycles. The van der Waals surface area contributed by atoms with Gasteiger partial charge < -0.3 is 40.0 Å². The van der Waals surface area contributed by atoms with Gasteiger partial charge in [0, 0.05) is 29.8 Å². The lowest BCUT2D eigenvalue weighted by atomic mass is 9.78. The van der Waals surface area contributed by atoms with Crippen molar-refractivity contribution in [2.24, 2.45) is 5.92 Å². The van der Waals surface area contributed by atoms with E-state index in [-0.39, 0.29) is 44.1 Å². The number of likely N-dealkylation sites (tertiary alicyclic amines) is 1. The second-order valence-electron chi connectivity index (χ2n) is 11.0. The molecule has 14 heteroatoms. The first-order valence-electron chi connectivity index (χ1n) is 13.5. The highest BCUT2D eigenvalue weighted by molar-refractivity contribution is 6.62. The summed E-state index contributed by atoms with van der Waals surface area (Å²) in [6, 6.07) is 7.50. The molecular formula is C27H31B2N3O9. The molecule has 0 unspecified atom stereocenters. The maximum absolute atomic E-state index is 13.7. The number of rotatable bonds is 8. The van der Waals surface area contributed by atoms with E-state index in [2.05, 4.69) is 10.6 Å². The molecule has 1 saturated heterocycles. The lowest BCUT2D eigenvalue weighted by Crippen LogP contribution is -2.50. The predicted molar refractivity (Wildman–Crippen MR) is 147 cm³/mol. The van der Waals surface area contributed by atoms with Crippen LogP contribution in [0.25, 0.3) is 0 Å². The van der Waals surface area contributed by atoms with Crippen LogP contribution in [0.5, 0.6) is 0 Å². The highest BCUT2D eigenvalue weighted by Gasteiger charge is 2.42. The SMILES string of the molecule is CC(C)[C@@H](CC(=O)O)NC(=O)[C@@H]1C[C@@H](NC(=O)c2ccc3c(c2)B(O)OC3)CN1C(=O)c1ccc2c(c1)B(O)OC2. The number of carboxylic acids is 1. The van der Waals surface area contributed by atoms with Gasteiger partial charge in [0.2, 0.25) is 5.91 Å². The van der Waals surface area contributed by atoms with Crippen molar-refractivity contribution in [3.8, 4) is 0 Å². The van der Waals surface area contributed by atoms with Gasteiger partial charge in [-0.05, 0) is 58.7 Å². The zero-order valence-corrected chi connectivity index (χ0v) is 22.7. The summed E-state index contributed by atoms with van der Waals surface area (Å²) in [5.41, 5.74) is 3.08. The van der Waals surface area contributed by atoms with Crippen molar-refractivity contribution in [1.29, 1.82) is 0 Å². The first-order chi connectivity index (χ1) is 19.5. The Hall–Kier alpha value is -3.71. The van der Waals surface area contributed by atoms with Gasteiger partial charge in [0.15, 0.2) is 0 Å². The Kier molecular flexibility index (Phi) is 8.18. The number of nitrogens with one attached hydrogen (secondary N) is 2. The quantitative estimate of drug-likeness (QED) is 0.246. The number of aliphatic carboxylic acids is 1. The molecule has 0 aliphatic carbocycles. The highest BCUT2D eigenvalue weighted by atomic mass is 16.5. The lowest BCUT2D eigenvalue weighted by Gasteiger charge is -2.27. The van der Waals surface area contributed by atoms with Crippen molar-refractivity contribution >= 4 is 48.9 Å². The maximum atomic E-state index is 13.7. The van der Waals surface area contributed by atoms with Gasteiger partial charge in [-0.15, -0.1) is 0 Å². The second kappa shape index (κ2) is 11.6. The number of fused-ring (bicyclic) bond motifs is 2. The molecule has 0 bridgehead atoms. The van der Waals surface area contributed by atoms with Gasteiger partial charge in [-0.2, -0.15) is 0 Å². The van der Waals surface area contributed by atoms with Crippen LogP contribution in [-0.4, -0.2) is 82.7 Å². The largest absolute Gasteiger partial charge is 0.491 e. The number of amides is 3. The first-order valence-corrected chi connectivity index (χ1v) is 13.5. The minimum atomic E-state index is -1.15. The summed E-state index contributed by atoms with van der Waals surface area (Å²) in [4.78, 5) is 53.1. The third-order valence-corrected chi connectivity index (χ3v) is 7.85. The van der Waals surface area contributed by atoms with Crippen LogP contribution in [0.1, 0.15) is 58.5 Å². The number of hydrogen-bond donors (Lipinski definition) is 5. The third-order valence-electron chi connectivity index (χ3n) is 7.85. The second-order valence-corrected chi connectivity index (χ2v) is 11.0. The van der Waals surface area contributed by atoms with Crippen molar-refractivity contribution in [3.63, 3.8) is 0 Å². The Morgan fingerprint density at radius 1 is 0.976 bits per heavy atom. The van der Waals surface area contributed by atoms with E-state index >= 15 is 0 Å². The van der Waals surface area contributed by atoms with Gasteiger partial charge >= 0.3 is 20.2 Å². The van der Waals surface area contributed by atoms with Crippen LogP contribution in [0, 0.1) is 5.92 Å². The number of nitrogens with zero attached hydrogens (tertiary/aromatic N) is 1. The van der Waals surface area contributed by atoms with Crippen LogP contribution in [0.2, 0.25) is 0 Å². The Bertz CT molecular complexity index is 1390. The molecule has 3 aliphatic rings. The molecule has 5 rings (SSSR count). The lowest BCUT2D eigenvalue weighted by molar-refractivity contribution is -0.138. The minimum absolute atomic E-state index is 0.0285. The van der Waals surface area contributed by atoms with Crippen LogP contribution in [0.15, 0.2) is 36.4 Å². The van der Waals surface area contributed by atoms with Crippen molar-refractivity contribution in [3.05, 3.63) is 58.7 Å². The average Bonchev–Trinajstić information content (AvgIpc) is 3.64. The highest BCUT2D eigenvalue weighted by Crippen LogP contribution is 2.24. The molecule has 3 atom stereocenters. The Balaban J connectivity index is 1.37. The fourth-order valence-corrected chi connectivity index (χ4v) is 5.47. The molecule has 0 radical (unpaired) electrons. The van der Waals surface area contributed by atoms with Gasteiger partial charge in [0.1, 0.15) is 6.04 Å². The summed E-state index contributed by atoms with van der Waals surface area (Å²) in [7, 11) is -2.26. The number of hydrogen-bond acceptors (Lipinski definition) is 8.